The molecule has 2 aromatic rings. The van der Waals surface area contributed by atoms with Crippen LogP contribution >= 0.6 is 11.3 Å². The van der Waals surface area contributed by atoms with Crippen molar-refractivity contribution < 1.29 is 9.90 Å². The molecule has 2 atom stereocenters. The Kier molecular flexibility index (Phi) is 4.84. The van der Waals surface area contributed by atoms with Gasteiger partial charge in [0, 0.05) is 5.38 Å². The fraction of sp³-hybridized carbons (Fsp3) is 0.286. The van der Waals surface area contributed by atoms with E-state index in [1.165, 1.54) is 11.3 Å². The summed E-state index contributed by atoms with van der Waals surface area (Å²) in [6, 6.07) is 8.69. The number of carbonyl (C=O) groups excluding carboxylic acids is 1. The Labute approximate surface area is 121 Å². The van der Waals surface area contributed by atoms with Gasteiger partial charge in [-0.25, -0.2) is 4.98 Å². The minimum atomic E-state index is -0.441. The predicted octanol–water partition coefficient (Wildman–Crippen LogP) is 1.63. The van der Waals surface area contributed by atoms with Gasteiger partial charge >= 0.3 is 0 Å². The number of carbonyl (C=O) groups is 1. The Morgan fingerprint density at radius 2 is 2.15 bits per heavy atom. The highest BCUT2D eigenvalue weighted by Crippen LogP contribution is 2.17. The molecule has 20 heavy (non-hydrogen) atoms. The molecule has 0 aliphatic rings. The molecular formula is C14H17N3O2S. The van der Waals surface area contributed by atoms with Crippen molar-refractivity contribution in [1.82, 2.24) is 10.3 Å². The molecule has 0 spiro atoms. The molecular weight excluding hydrogens is 274 g/mol. The summed E-state index contributed by atoms with van der Waals surface area (Å²) in [6.45, 7) is 1.65. The van der Waals surface area contributed by atoms with Crippen molar-refractivity contribution in [2.45, 2.75) is 19.0 Å². The van der Waals surface area contributed by atoms with Crippen LogP contribution in [0.3, 0.4) is 0 Å². The smallest absolute Gasteiger partial charge is 0.271 e. The topological polar surface area (TPSA) is 88.2 Å². The Morgan fingerprint density at radius 1 is 1.45 bits per heavy atom. The van der Waals surface area contributed by atoms with Crippen LogP contribution in [0.1, 0.15) is 40.1 Å². The van der Waals surface area contributed by atoms with Gasteiger partial charge in [-0.05, 0) is 12.5 Å². The third-order valence-electron chi connectivity index (χ3n) is 2.83. The lowest BCUT2D eigenvalue weighted by molar-refractivity contribution is 0.0911. The molecule has 5 nitrogen and oxygen atoms in total. The fourth-order valence-electron chi connectivity index (χ4n) is 1.75. The lowest BCUT2D eigenvalue weighted by Crippen LogP contribution is -2.31. The molecule has 1 aromatic carbocycles. The highest BCUT2D eigenvalue weighted by atomic mass is 32.1. The van der Waals surface area contributed by atoms with E-state index in [-0.39, 0.29) is 18.6 Å². The van der Waals surface area contributed by atoms with Crippen LogP contribution in [0.25, 0.3) is 0 Å². The number of hydrogen-bond donors (Lipinski definition) is 3. The highest BCUT2D eigenvalue weighted by molar-refractivity contribution is 7.09. The van der Waals surface area contributed by atoms with Crippen LogP contribution < -0.4 is 11.1 Å². The molecule has 0 saturated carbocycles. The summed E-state index contributed by atoms with van der Waals surface area (Å²) in [5, 5.41) is 14.6. The number of aromatic nitrogens is 1. The van der Waals surface area contributed by atoms with Gasteiger partial charge in [-0.3, -0.25) is 4.79 Å². The van der Waals surface area contributed by atoms with Crippen LogP contribution in [0.15, 0.2) is 35.7 Å². The van der Waals surface area contributed by atoms with Crippen molar-refractivity contribution in [2.75, 3.05) is 6.61 Å². The molecule has 1 aromatic heterocycles. The molecule has 0 aliphatic heterocycles. The summed E-state index contributed by atoms with van der Waals surface area (Å²) in [4.78, 5) is 16.3. The second-order valence-corrected chi connectivity index (χ2v) is 5.37. The van der Waals surface area contributed by atoms with Gasteiger partial charge in [0.1, 0.15) is 10.7 Å². The average molecular weight is 291 g/mol. The fourth-order valence-corrected chi connectivity index (χ4v) is 2.51. The maximum atomic E-state index is 12.1. The second kappa shape index (κ2) is 6.60. The van der Waals surface area contributed by atoms with Gasteiger partial charge in [-0.2, -0.15) is 0 Å². The number of rotatable bonds is 5. The Hall–Kier alpha value is -1.76. The van der Waals surface area contributed by atoms with Crippen molar-refractivity contribution in [2.24, 2.45) is 5.73 Å². The molecule has 4 N–H and O–H groups in total. The van der Waals surface area contributed by atoms with E-state index in [9.17, 15) is 9.90 Å². The summed E-state index contributed by atoms with van der Waals surface area (Å²) in [5.74, 6) is -0.309. The predicted molar refractivity (Wildman–Crippen MR) is 78.5 cm³/mol. The van der Waals surface area contributed by atoms with Crippen molar-refractivity contribution >= 4 is 17.2 Å². The molecule has 6 heteroatoms. The molecule has 0 radical (unpaired) electrons. The molecule has 1 heterocycles. The van der Waals surface area contributed by atoms with Gasteiger partial charge in [0.2, 0.25) is 0 Å². The SMILES string of the molecule is CC(N)c1nc(C(=O)N[C@@H](CO)c2ccccc2)cs1. The number of amides is 1. The minimum absolute atomic E-state index is 0.167. The third kappa shape index (κ3) is 3.41. The average Bonchev–Trinajstić information content (AvgIpc) is 2.95. The van der Waals surface area contributed by atoms with E-state index in [0.717, 1.165) is 10.6 Å². The number of nitrogens with one attached hydrogen (secondary N) is 1. The maximum absolute atomic E-state index is 12.1. The standard InChI is InChI=1S/C14H17N3O2S/c1-9(15)14-17-12(8-20-14)13(19)16-11(7-18)10-5-3-2-4-6-10/h2-6,8-9,11,18H,7,15H2,1H3,(H,16,19)/t9?,11-/m0/s1. The third-order valence-corrected chi connectivity index (χ3v) is 3.88. The Morgan fingerprint density at radius 3 is 2.70 bits per heavy atom. The number of thiazole rings is 1. The van der Waals surface area contributed by atoms with Crippen LogP contribution in [-0.2, 0) is 0 Å². The number of hydrogen-bond acceptors (Lipinski definition) is 5. The van der Waals surface area contributed by atoms with Gasteiger partial charge in [-0.15, -0.1) is 11.3 Å². The molecule has 0 bridgehead atoms. The first kappa shape index (κ1) is 14.6. The quantitative estimate of drug-likeness (QED) is 0.781. The zero-order valence-corrected chi connectivity index (χ0v) is 11.9. The monoisotopic (exact) mass is 291 g/mol. The van der Waals surface area contributed by atoms with E-state index in [1.807, 2.05) is 37.3 Å². The first-order valence-electron chi connectivity index (χ1n) is 6.29. The minimum Gasteiger partial charge on any atom is -0.394 e. The zero-order chi connectivity index (χ0) is 14.5. The van der Waals surface area contributed by atoms with E-state index in [0.29, 0.717) is 5.69 Å². The molecule has 0 aliphatic carbocycles. The summed E-state index contributed by atoms with van der Waals surface area (Å²) in [7, 11) is 0. The molecule has 0 saturated heterocycles. The summed E-state index contributed by atoms with van der Waals surface area (Å²) >= 11 is 1.36. The van der Waals surface area contributed by atoms with Crippen LogP contribution in [0.2, 0.25) is 0 Å². The summed E-state index contributed by atoms with van der Waals surface area (Å²) in [6.07, 6.45) is 0. The van der Waals surface area contributed by atoms with Crippen LogP contribution in [0.4, 0.5) is 0 Å². The largest absolute Gasteiger partial charge is 0.394 e. The lowest BCUT2D eigenvalue weighted by atomic mass is 10.1. The van der Waals surface area contributed by atoms with Gasteiger partial charge in [0.05, 0.1) is 18.7 Å². The van der Waals surface area contributed by atoms with Gasteiger partial charge < -0.3 is 16.2 Å². The lowest BCUT2D eigenvalue weighted by Gasteiger charge is -2.15. The number of nitrogens with zero attached hydrogens (tertiary/aromatic N) is 1. The van der Waals surface area contributed by atoms with Crippen LogP contribution in [-0.4, -0.2) is 22.6 Å². The van der Waals surface area contributed by atoms with Gasteiger partial charge in [0.25, 0.3) is 5.91 Å². The van der Waals surface area contributed by atoms with E-state index in [2.05, 4.69) is 10.3 Å². The number of aliphatic hydroxyl groups excluding tert-OH is 1. The molecule has 106 valence electrons. The maximum Gasteiger partial charge on any atom is 0.271 e. The van der Waals surface area contributed by atoms with E-state index < -0.39 is 6.04 Å². The van der Waals surface area contributed by atoms with Crippen LogP contribution in [0.5, 0.6) is 0 Å². The first-order valence-corrected chi connectivity index (χ1v) is 7.17. The summed E-state index contributed by atoms with van der Waals surface area (Å²) < 4.78 is 0. The van der Waals surface area contributed by atoms with Crippen molar-refractivity contribution in [3.05, 3.63) is 52.0 Å². The zero-order valence-electron chi connectivity index (χ0n) is 11.1. The van der Waals surface area contributed by atoms with Gasteiger partial charge in [0.15, 0.2) is 0 Å². The molecule has 0 fully saturated rings. The second-order valence-electron chi connectivity index (χ2n) is 4.48. The van der Waals surface area contributed by atoms with Crippen molar-refractivity contribution in [3.8, 4) is 0 Å². The summed E-state index contributed by atoms with van der Waals surface area (Å²) in [5.41, 5.74) is 6.90. The highest BCUT2D eigenvalue weighted by Gasteiger charge is 2.17. The first-order chi connectivity index (χ1) is 9.61. The number of benzene rings is 1. The normalized spacial score (nSPS) is 13.8. The number of nitrogens with two attached hydrogens (primary N) is 1. The molecule has 1 amide bonds. The van der Waals surface area contributed by atoms with Crippen molar-refractivity contribution in [1.29, 1.82) is 0 Å². The molecule has 1 unspecified atom stereocenters. The van der Waals surface area contributed by atoms with Gasteiger partial charge in [-0.1, -0.05) is 30.3 Å². The number of aliphatic hydroxyl groups is 1. The van der Waals surface area contributed by atoms with E-state index in [1.54, 1.807) is 5.38 Å². The van der Waals surface area contributed by atoms with E-state index >= 15 is 0 Å². The van der Waals surface area contributed by atoms with E-state index in [4.69, 9.17) is 5.73 Å². The van der Waals surface area contributed by atoms with Crippen molar-refractivity contribution in [3.63, 3.8) is 0 Å². The van der Waals surface area contributed by atoms with Crippen LogP contribution in [0, 0.1) is 0 Å². The molecule has 2 rings (SSSR count). The Bertz CT molecular complexity index is 569. The Balaban J connectivity index is 2.09.